The minimum atomic E-state index is -0.0543. The van der Waals surface area contributed by atoms with Crippen molar-refractivity contribution in [2.75, 3.05) is 26.3 Å². The Bertz CT molecular complexity index is 498. The van der Waals surface area contributed by atoms with Gasteiger partial charge in [0, 0.05) is 11.6 Å². The Balaban J connectivity index is 1.67. The Morgan fingerprint density at radius 3 is 2.90 bits per heavy atom. The lowest BCUT2D eigenvalue weighted by molar-refractivity contribution is 0.0927. The lowest BCUT2D eigenvalue weighted by atomic mass is 10.0. The second-order valence-corrected chi connectivity index (χ2v) is 5.37. The maximum absolute atomic E-state index is 12.3. The van der Waals surface area contributed by atoms with E-state index in [4.69, 9.17) is 9.47 Å². The third-order valence-electron chi connectivity index (χ3n) is 3.97. The van der Waals surface area contributed by atoms with E-state index in [2.05, 4.69) is 17.6 Å². The first-order valence-electron chi connectivity index (χ1n) is 7.15. The first kappa shape index (κ1) is 13.2. The largest absolute Gasteiger partial charge is 0.486 e. The summed E-state index contributed by atoms with van der Waals surface area (Å²) in [5.74, 6) is 1.82. The molecule has 3 rings (SSSR count). The summed E-state index contributed by atoms with van der Waals surface area (Å²) in [6.07, 6.45) is 1.11. The lowest BCUT2D eigenvalue weighted by Crippen LogP contribution is -2.38. The SMILES string of the molecule is CC(NC(=O)c1ccc2c(c1)OCCO2)C1CCNC1. The minimum absolute atomic E-state index is 0.0543. The van der Waals surface area contributed by atoms with Crippen LogP contribution < -0.4 is 20.1 Å². The average molecular weight is 276 g/mol. The van der Waals surface area contributed by atoms with Crippen LogP contribution in [0.4, 0.5) is 0 Å². The predicted molar refractivity (Wildman–Crippen MR) is 75.3 cm³/mol. The molecule has 20 heavy (non-hydrogen) atoms. The Hall–Kier alpha value is -1.75. The third-order valence-corrected chi connectivity index (χ3v) is 3.97. The number of rotatable bonds is 3. The molecule has 1 saturated heterocycles. The number of fused-ring (bicyclic) bond motifs is 1. The molecule has 0 radical (unpaired) electrons. The molecule has 1 fully saturated rings. The van der Waals surface area contributed by atoms with E-state index in [9.17, 15) is 4.79 Å². The number of amides is 1. The highest BCUT2D eigenvalue weighted by atomic mass is 16.6. The highest BCUT2D eigenvalue weighted by Crippen LogP contribution is 2.30. The fourth-order valence-electron chi connectivity index (χ4n) is 2.70. The third kappa shape index (κ3) is 2.72. The Labute approximate surface area is 118 Å². The number of hydrogen-bond donors (Lipinski definition) is 2. The van der Waals surface area contributed by atoms with Gasteiger partial charge in [0.25, 0.3) is 5.91 Å². The van der Waals surface area contributed by atoms with Crippen LogP contribution in [0.1, 0.15) is 23.7 Å². The first-order chi connectivity index (χ1) is 9.74. The van der Waals surface area contributed by atoms with Crippen LogP contribution in [0, 0.1) is 5.92 Å². The van der Waals surface area contributed by atoms with E-state index in [1.807, 2.05) is 0 Å². The minimum Gasteiger partial charge on any atom is -0.486 e. The van der Waals surface area contributed by atoms with Gasteiger partial charge in [-0.15, -0.1) is 0 Å². The fraction of sp³-hybridized carbons (Fsp3) is 0.533. The van der Waals surface area contributed by atoms with Gasteiger partial charge in [0.05, 0.1) is 0 Å². The molecular formula is C15H20N2O3. The normalized spacial score (nSPS) is 22.4. The maximum Gasteiger partial charge on any atom is 0.251 e. The van der Waals surface area contributed by atoms with Crippen LogP contribution in [0.3, 0.4) is 0 Å². The zero-order valence-electron chi connectivity index (χ0n) is 11.6. The van der Waals surface area contributed by atoms with Crippen LogP contribution >= 0.6 is 0 Å². The summed E-state index contributed by atoms with van der Waals surface area (Å²) in [7, 11) is 0. The van der Waals surface area contributed by atoms with Crippen LogP contribution in [0.2, 0.25) is 0 Å². The van der Waals surface area contributed by atoms with Crippen molar-refractivity contribution in [3.8, 4) is 11.5 Å². The summed E-state index contributed by atoms with van der Waals surface area (Å²) in [6, 6.07) is 5.50. The molecule has 1 aromatic carbocycles. The van der Waals surface area contributed by atoms with E-state index in [0.717, 1.165) is 19.5 Å². The molecule has 1 amide bonds. The molecule has 0 aromatic heterocycles. The summed E-state index contributed by atoms with van der Waals surface area (Å²) < 4.78 is 11.0. The molecule has 0 saturated carbocycles. The summed E-state index contributed by atoms with van der Waals surface area (Å²) in [4.78, 5) is 12.3. The summed E-state index contributed by atoms with van der Waals surface area (Å²) in [6.45, 7) is 5.16. The number of hydrogen-bond acceptors (Lipinski definition) is 4. The molecule has 5 heteroatoms. The van der Waals surface area contributed by atoms with Crippen LogP contribution in [0.5, 0.6) is 11.5 Å². The van der Waals surface area contributed by atoms with E-state index in [1.165, 1.54) is 0 Å². The molecule has 2 atom stereocenters. The highest BCUT2D eigenvalue weighted by Gasteiger charge is 2.23. The van der Waals surface area contributed by atoms with Gasteiger partial charge in [-0.1, -0.05) is 0 Å². The molecule has 2 aliphatic heterocycles. The molecule has 108 valence electrons. The molecule has 5 nitrogen and oxygen atoms in total. The van der Waals surface area contributed by atoms with Gasteiger partial charge in [-0.3, -0.25) is 4.79 Å². The van der Waals surface area contributed by atoms with Crippen LogP contribution in [0.15, 0.2) is 18.2 Å². The molecule has 2 heterocycles. The quantitative estimate of drug-likeness (QED) is 0.870. The molecular weight excluding hydrogens is 256 g/mol. The fourth-order valence-corrected chi connectivity index (χ4v) is 2.70. The van der Waals surface area contributed by atoms with Gasteiger partial charge >= 0.3 is 0 Å². The van der Waals surface area contributed by atoms with Gasteiger partial charge in [-0.2, -0.15) is 0 Å². The van der Waals surface area contributed by atoms with Crippen molar-refractivity contribution in [2.24, 2.45) is 5.92 Å². The molecule has 2 N–H and O–H groups in total. The molecule has 0 bridgehead atoms. The molecule has 2 unspecified atom stereocenters. The van der Waals surface area contributed by atoms with Crippen molar-refractivity contribution >= 4 is 5.91 Å². The standard InChI is InChI=1S/C15H20N2O3/c1-10(12-4-5-16-9-12)17-15(18)11-2-3-13-14(8-11)20-7-6-19-13/h2-3,8,10,12,16H,4-7,9H2,1H3,(H,17,18). The molecule has 1 aromatic rings. The van der Waals surface area contributed by atoms with Crippen molar-refractivity contribution < 1.29 is 14.3 Å². The van der Waals surface area contributed by atoms with E-state index in [-0.39, 0.29) is 11.9 Å². The highest BCUT2D eigenvalue weighted by molar-refractivity contribution is 5.95. The predicted octanol–water partition coefficient (Wildman–Crippen LogP) is 1.19. The molecule has 0 aliphatic carbocycles. The van der Waals surface area contributed by atoms with Gasteiger partial charge in [0.2, 0.25) is 0 Å². The van der Waals surface area contributed by atoms with Crippen molar-refractivity contribution in [1.29, 1.82) is 0 Å². The second kappa shape index (κ2) is 5.71. The van der Waals surface area contributed by atoms with Crippen LogP contribution in [-0.4, -0.2) is 38.3 Å². The smallest absolute Gasteiger partial charge is 0.251 e. The summed E-state index contributed by atoms with van der Waals surface area (Å²) in [5.41, 5.74) is 0.618. The monoisotopic (exact) mass is 276 g/mol. The molecule has 0 spiro atoms. The summed E-state index contributed by atoms with van der Waals surface area (Å²) >= 11 is 0. The van der Waals surface area contributed by atoms with E-state index >= 15 is 0 Å². The Morgan fingerprint density at radius 2 is 2.15 bits per heavy atom. The zero-order chi connectivity index (χ0) is 13.9. The van der Waals surface area contributed by atoms with Gasteiger partial charge < -0.3 is 20.1 Å². The van der Waals surface area contributed by atoms with Gasteiger partial charge in [0.15, 0.2) is 11.5 Å². The Morgan fingerprint density at radius 1 is 1.35 bits per heavy atom. The van der Waals surface area contributed by atoms with Crippen LogP contribution in [-0.2, 0) is 0 Å². The maximum atomic E-state index is 12.3. The topological polar surface area (TPSA) is 59.6 Å². The average Bonchev–Trinajstić information content (AvgIpc) is 3.01. The number of carbonyl (C=O) groups is 1. The van der Waals surface area contributed by atoms with Gasteiger partial charge in [0.1, 0.15) is 13.2 Å². The lowest BCUT2D eigenvalue weighted by Gasteiger charge is -2.21. The van der Waals surface area contributed by atoms with Crippen molar-refractivity contribution in [3.63, 3.8) is 0 Å². The van der Waals surface area contributed by atoms with E-state index < -0.39 is 0 Å². The number of benzene rings is 1. The van der Waals surface area contributed by atoms with E-state index in [0.29, 0.717) is 36.2 Å². The van der Waals surface area contributed by atoms with Crippen molar-refractivity contribution in [1.82, 2.24) is 10.6 Å². The molecule has 2 aliphatic rings. The first-order valence-corrected chi connectivity index (χ1v) is 7.15. The number of ether oxygens (including phenoxy) is 2. The van der Waals surface area contributed by atoms with E-state index in [1.54, 1.807) is 18.2 Å². The van der Waals surface area contributed by atoms with Crippen LogP contribution in [0.25, 0.3) is 0 Å². The number of nitrogens with one attached hydrogen (secondary N) is 2. The van der Waals surface area contributed by atoms with Gasteiger partial charge in [-0.05, 0) is 50.6 Å². The summed E-state index contributed by atoms with van der Waals surface area (Å²) in [5, 5.41) is 6.39. The van der Waals surface area contributed by atoms with Crippen molar-refractivity contribution in [3.05, 3.63) is 23.8 Å². The number of carbonyl (C=O) groups excluding carboxylic acids is 1. The Kier molecular flexibility index (Phi) is 3.78. The van der Waals surface area contributed by atoms with Gasteiger partial charge in [-0.25, -0.2) is 0 Å². The zero-order valence-corrected chi connectivity index (χ0v) is 11.6. The second-order valence-electron chi connectivity index (χ2n) is 5.37. The van der Waals surface area contributed by atoms with Crippen molar-refractivity contribution in [2.45, 2.75) is 19.4 Å².